The Bertz CT molecular complexity index is 1000. The lowest BCUT2D eigenvalue weighted by atomic mass is 10.2. The van der Waals surface area contributed by atoms with E-state index >= 15 is 0 Å². The average Bonchev–Trinajstić information content (AvgIpc) is 2.95. The third-order valence-electron chi connectivity index (χ3n) is 3.80. The minimum atomic E-state index is -0.941. The van der Waals surface area contributed by atoms with Crippen LogP contribution in [0.25, 0.3) is 0 Å². The molecule has 1 unspecified atom stereocenters. The molecule has 3 amide bonds. The number of nitrogens with zero attached hydrogens (tertiary/aromatic N) is 3. The highest BCUT2D eigenvalue weighted by Gasteiger charge is 2.26. The summed E-state index contributed by atoms with van der Waals surface area (Å²) in [6.45, 7) is 0. The highest BCUT2D eigenvalue weighted by Crippen LogP contribution is 2.25. The minimum Gasteiger partial charge on any atom is -0.334 e. The first-order chi connectivity index (χ1) is 13.4. The summed E-state index contributed by atoms with van der Waals surface area (Å²) in [6.07, 6.45) is 4.25. The van der Waals surface area contributed by atoms with Crippen molar-refractivity contribution in [3.63, 3.8) is 0 Å². The monoisotopic (exact) mass is 464 g/mol. The maximum Gasteiger partial charge on any atom is 0.271 e. The van der Waals surface area contributed by atoms with E-state index in [0.29, 0.717) is 0 Å². The number of rotatable bonds is 4. The minimum absolute atomic E-state index is 0.0375. The lowest BCUT2D eigenvalue weighted by Gasteiger charge is -2.17. The van der Waals surface area contributed by atoms with E-state index in [4.69, 9.17) is 11.6 Å². The molecule has 3 N–H and O–H groups in total. The van der Waals surface area contributed by atoms with Crippen molar-refractivity contribution < 1.29 is 14.4 Å². The lowest BCUT2D eigenvalue weighted by molar-refractivity contribution is -0.127. The molecule has 1 aliphatic rings. The van der Waals surface area contributed by atoms with Crippen LogP contribution in [0.15, 0.2) is 46.1 Å². The topological polar surface area (TPSA) is 120 Å². The molecule has 28 heavy (non-hydrogen) atoms. The Morgan fingerprint density at radius 2 is 2.04 bits per heavy atom. The summed E-state index contributed by atoms with van der Waals surface area (Å²) in [6, 6.07) is 5.59. The summed E-state index contributed by atoms with van der Waals surface area (Å²) in [5.41, 5.74) is 0.302. The normalized spacial score (nSPS) is 16.0. The van der Waals surface area contributed by atoms with E-state index in [2.05, 4.69) is 41.8 Å². The Hall–Kier alpha value is -2.98. The maximum absolute atomic E-state index is 12.5. The number of likely N-dealkylation sites (N-methyl/N-ethyl adjacent to an activating group) is 1. The number of carbonyl (C=O) groups is 3. The first-order valence-electron chi connectivity index (χ1n) is 7.95. The molecule has 0 saturated heterocycles. The molecule has 2 aromatic rings. The second-order valence-electron chi connectivity index (χ2n) is 5.69. The van der Waals surface area contributed by atoms with Crippen molar-refractivity contribution in [2.24, 2.45) is 4.99 Å². The van der Waals surface area contributed by atoms with Crippen molar-refractivity contribution in [1.29, 1.82) is 0 Å². The van der Waals surface area contributed by atoms with Gasteiger partial charge in [-0.2, -0.15) is 5.10 Å². The Balaban J connectivity index is 1.74. The van der Waals surface area contributed by atoms with Gasteiger partial charge in [-0.05, 0) is 28.1 Å². The van der Waals surface area contributed by atoms with Crippen molar-refractivity contribution in [3.8, 4) is 0 Å². The van der Waals surface area contributed by atoms with Crippen molar-refractivity contribution in [2.75, 3.05) is 12.4 Å². The molecule has 0 saturated carbocycles. The molecule has 0 fully saturated rings. The fourth-order valence-corrected chi connectivity index (χ4v) is 3.00. The number of amides is 3. The highest BCUT2D eigenvalue weighted by molar-refractivity contribution is 9.10. The molecule has 2 heterocycles. The van der Waals surface area contributed by atoms with Gasteiger partial charge in [-0.15, -0.1) is 0 Å². The summed E-state index contributed by atoms with van der Waals surface area (Å²) >= 11 is 9.24. The van der Waals surface area contributed by atoms with Crippen molar-refractivity contribution in [2.45, 2.75) is 6.04 Å². The number of hydrogen-bond donors (Lipinski definition) is 3. The van der Waals surface area contributed by atoms with Crippen molar-refractivity contribution in [1.82, 2.24) is 20.4 Å². The summed E-state index contributed by atoms with van der Waals surface area (Å²) in [4.78, 5) is 42.3. The van der Waals surface area contributed by atoms with E-state index in [1.165, 1.54) is 23.5 Å². The second kappa shape index (κ2) is 8.36. The maximum atomic E-state index is 12.5. The number of carbonyl (C=O) groups excluding carboxylic acids is 3. The second-order valence-corrected chi connectivity index (χ2v) is 6.89. The number of aromatic nitrogens is 2. The van der Waals surface area contributed by atoms with Crippen LogP contribution in [0.1, 0.15) is 20.8 Å². The van der Waals surface area contributed by atoms with Gasteiger partial charge in [0.2, 0.25) is 0 Å². The van der Waals surface area contributed by atoms with Crippen LogP contribution in [0.2, 0.25) is 5.02 Å². The van der Waals surface area contributed by atoms with E-state index < -0.39 is 17.9 Å². The SMILES string of the molecule is CN1C=CN=CC(NC(=O)c2[nH]nc(NC(=O)c3ccccc3Cl)c2Br)C1=O. The standard InChI is InChI=1S/C17H14BrClN6O3/c1-25-7-6-20-8-11(17(25)28)21-16(27)13-12(18)14(24-23-13)22-15(26)9-4-2-3-5-10(9)19/h2-8,11H,1H3,(H,21,27)(H2,22,23,24,26). The molecular weight excluding hydrogens is 452 g/mol. The van der Waals surface area contributed by atoms with Crippen LogP contribution >= 0.6 is 27.5 Å². The smallest absolute Gasteiger partial charge is 0.271 e. The molecule has 3 rings (SSSR count). The van der Waals surface area contributed by atoms with Crippen molar-refractivity contribution >= 4 is 57.3 Å². The zero-order valence-corrected chi connectivity index (χ0v) is 16.8. The van der Waals surface area contributed by atoms with Gasteiger partial charge in [0.05, 0.1) is 15.1 Å². The van der Waals surface area contributed by atoms with Gasteiger partial charge in [-0.25, -0.2) is 0 Å². The van der Waals surface area contributed by atoms with Gasteiger partial charge in [-0.3, -0.25) is 24.5 Å². The van der Waals surface area contributed by atoms with Crippen molar-refractivity contribution in [3.05, 3.63) is 57.4 Å². The van der Waals surface area contributed by atoms with Gasteiger partial charge < -0.3 is 15.5 Å². The molecule has 0 bridgehead atoms. The van der Waals surface area contributed by atoms with E-state index in [9.17, 15) is 14.4 Å². The zero-order valence-electron chi connectivity index (χ0n) is 14.4. The molecule has 0 radical (unpaired) electrons. The largest absolute Gasteiger partial charge is 0.334 e. The summed E-state index contributed by atoms with van der Waals surface area (Å²) in [7, 11) is 1.56. The molecular formula is C17H14BrClN6O3. The van der Waals surface area contributed by atoms with E-state index in [1.54, 1.807) is 31.3 Å². The molecule has 0 aliphatic carbocycles. The van der Waals surface area contributed by atoms with Gasteiger partial charge in [0, 0.05) is 25.7 Å². The number of halogens is 2. The average molecular weight is 466 g/mol. The number of benzene rings is 1. The van der Waals surface area contributed by atoms with E-state index in [-0.39, 0.29) is 32.5 Å². The van der Waals surface area contributed by atoms with Gasteiger partial charge >= 0.3 is 0 Å². The Morgan fingerprint density at radius 1 is 1.29 bits per heavy atom. The van der Waals surface area contributed by atoms with Crippen LogP contribution in [0.4, 0.5) is 5.82 Å². The summed E-state index contributed by atoms with van der Waals surface area (Å²) < 4.78 is 0.231. The van der Waals surface area contributed by atoms with Gasteiger partial charge in [0.1, 0.15) is 11.7 Å². The predicted molar refractivity (Wildman–Crippen MR) is 107 cm³/mol. The summed E-state index contributed by atoms with van der Waals surface area (Å²) in [5, 5.41) is 11.9. The highest BCUT2D eigenvalue weighted by atomic mass is 79.9. The fraction of sp³-hybridized carbons (Fsp3) is 0.118. The molecule has 9 nitrogen and oxygen atoms in total. The Labute approximate surface area is 173 Å². The van der Waals surface area contributed by atoms with Crippen LogP contribution in [0.5, 0.6) is 0 Å². The van der Waals surface area contributed by atoms with Crippen LogP contribution < -0.4 is 10.6 Å². The van der Waals surface area contributed by atoms with E-state index in [0.717, 1.165) is 0 Å². The summed E-state index contributed by atoms with van der Waals surface area (Å²) in [5.74, 6) is -1.33. The molecule has 1 aromatic carbocycles. The number of nitrogens with one attached hydrogen (secondary N) is 3. The molecule has 1 aromatic heterocycles. The zero-order chi connectivity index (χ0) is 20.3. The molecule has 1 aliphatic heterocycles. The first kappa shape index (κ1) is 19.8. The molecule has 1 atom stereocenters. The number of anilines is 1. The molecule has 144 valence electrons. The Kier molecular flexibility index (Phi) is 5.90. The number of H-pyrrole nitrogens is 1. The quantitative estimate of drug-likeness (QED) is 0.641. The molecule has 11 heteroatoms. The number of hydrogen-bond acceptors (Lipinski definition) is 5. The third-order valence-corrected chi connectivity index (χ3v) is 4.90. The predicted octanol–water partition coefficient (Wildman–Crippen LogP) is 2.19. The van der Waals surface area contributed by atoms with E-state index in [1.807, 2.05) is 0 Å². The fourth-order valence-electron chi connectivity index (χ4n) is 2.33. The van der Waals surface area contributed by atoms with Crippen LogP contribution in [-0.4, -0.2) is 52.1 Å². The van der Waals surface area contributed by atoms with Gasteiger partial charge in [0.15, 0.2) is 5.82 Å². The number of aliphatic imine (C=N–C) groups is 1. The first-order valence-corrected chi connectivity index (χ1v) is 9.13. The lowest BCUT2D eigenvalue weighted by Crippen LogP contribution is -2.46. The molecule has 0 spiro atoms. The third kappa shape index (κ3) is 4.12. The van der Waals surface area contributed by atoms with Gasteiger partial charge in [-0.1, -0.05) is 23.7 Å². The Morgan fingerprint density at radius 3 is 2.79 bits per heavy atom. The van der Waals surface area contributed by atoms with Crippen LogP contribution in [-0.2, 0) is 4.79 Å². The van der Waals surface area contributed by atoms with Gasteiger partial charge in [0.25, 0.3) is 17.7 Å². The van der Waals surface area contributed by atoms with Crippen LogP contribution in [0, 0.1) is 0 Å². The number of aromatic amines is 1. The van der Waals surface area contributed by atoms with Crippen LogP contribution in [0.3, 0.4) is 0 Å².